The zero-order chi connectivity index (χ0) is 29.8. The fourth-order valence-electron chi connectivity index (χ4n) is 5.38. The van der Waals surface area contributed by atoms with Crippen molar-refractivity contribution in [2.24, 2.45) is 5.92 Å². The number of nitrogens with one attached hydrogen (secondary N) is 2. The number of rotatable bonds is 8. The third kappa shape index (κ3) is 6.27. The number of urea groups is 1. The Morgan fingerprint density at radius 2 is 1.90 bits per heavy atom. The lowest BCUT2D eigenvalue weighted by Crippen LogP contribution is -2.35. The van der Waals surface area contributed by atoms with E-state index in [-0.39, 0.29) is 11.3 Å². The SMILES string of the molecule is C/C=C(\C(=C/C)OC)c1c[nH]c2ncc(-c3cc(F)c(NC(=O)N4CC[C@@H](CN(C)C)C4)c(C(=O)N(C)C)c3)cc12. The van der Waals surface area contributed by atoms with Crippen molar-refractivity contribution in [1.29, 1.82) is 0 Å². The molecule has 1 aliphatic heterocycles. The van der Waals surface area contributed by atoms with Crippen LogP contribution in [-0.2, 0) is 4.74 Å². The highest BCUT2D eigenvalue weighted by Crippen LogP contribution is 2.34. The number of carbonyl (C=O) groups is 2. The second-order valence-corrected chi connectivity index (χ2v) is 10.8. The van der Waals surface area contributed by atoms with Crippen LogP contribution in [0.1, 0.15) is 36.2 Å². The molecule has 1 atom stereocenters. The van der Waals surface area contributed by atoms with Gasteiger partial charge < -0.3 is 29.7 Å². The number of nitrogens with zero attached hydrogens (tertiary/aromatic N) is 4. The van der Waals surface area contributed by atoms with Gasteiger partial charge in [0.1, 0.15) is 17.2 Å². The van der Waals surface area contributed by atoms with Crippen LogP contribution in [0.5, 0.6) is 0 Å². The standard InChI is InChI=1S/C31H39FN6O3/c1-8-22(27(9-2)41-7)25-16-34-29-23(25)13-21(15-33-29)20-12-24(30(39)37(5)6)28(26(32)14-20)35-31(40)38-11-10-19(18-38)17-36(3)4/h8-9,12-16,19H,10-11,17-18H2,1-7H3,(H,33,34)(H,35,40)/b22-8-,27-9+/t19-/m0/s1. The number of H-pyrrole nitrogens is 1. The second kappa shape index (κ2) is 12.6. The van der Waals surface area contributed by atoms with E-state index in [9.17, 15) is 9.59 Å². The number of aromatic amines is 1. The van der Waals surface area contributed by atoms with E-state index in [1.54, 1.807) is 38.4 Å². The van der Waals surface area contributed by atoms with Gasteiger partial charge in [-0.2, -0.15) is 0 Å². The number of hydrogen-bond donors (Lipinski definition) is 2. The van der Waals surface area contributed by atoms with Crippen molar-refractivity contribution in [3.63, 3.8) is 0 Å². The van der Waals surface area contributed by atoms with Crippen LogP contribution >= 0.6 is 0 Å². The molecule has 2 aromatic heterocycles. The molecule has 0 bridgehead atoms. The van der Waals surface area contributed by atoms with Crippen molar-refractivity contribution in [3.05, 3.63) is 65.4 Å². The van der Waals surface area contributed by atoms with E-state index in [2.05, 4.69) is 20.2 Å². The smallest absolute Gasteiger partial charge is 0.321 e. The summed E-state index contributed by atoms with van der Waals surface area (Å²) in [7, 11) is 8.81. The molecule has 0 aliphatic carbocycles. The van der Waals surface area contributed by atoms with Crippen LogP contribution in [0, 0.1) is 11.7 Å². The summed E-state index contributed by atoms with van der Waals surface area (Å²) in [6.07, 6.45) is 8.22. The lowest BCUT2D eigenvalue weighted by Gasteiger charge is -2.21. The average molecular weight is 563 g/mol. The van der Waals surface area contributed by atoms with Gasteiger partial charge in [0.15, 0.2) is 0 Å². The number of amides is 3. The number of methoxy groups -OCH3 is 1. The topological polar surface area (TPSA) is 93.8 Å². The molecule has 41 heavy (non-hydrogen) atoms. The summed E-state index contributed by atoms with van der Waals surface area (Å²) in [5, 5.41) is 3.52. The van der Waals surface area contributed by atoms with Gasteiger partial charge in [0.05, 0.1) is 18.4 Å². The molecule has 3 amide bonds. The van der Waals surface area contributed by atoms with Gasteiger partial charge in [0.25, 0.3) is 5.91 Å². The molecule has 1 aromatic carbocycles. The number of pyridine rings is 1. The lowest BCUT2D eigenvalue weighted by atomic mass is 9.98. The van der Waals surface area contributed by atoms with Gasteiger partial charge in [0, 0.05) is 68.2 Å². The molecule has 3 aromatic rings. The predicted octanol–water partition coefficient (Wildman–Crippen LogP) is 5.44. The number of benzene rings is 1. The highest BCUT2D eigenvalue weighted by Gasteiger charge is 2.29. The third-order valence-electron chi connectivity index (χ3n) is 7.35. The lowest BCUT2D eigenvalue weighted by molar-refractivity contribution is 0.0828. The van der Waals surface area contributed by atoms with Crippen LogP contribution in [0.3, 0.4) is 0 Å². The van der Waals surface area contributed by atoms with Crippen LogP contribution in [-0.4, -0.2) is 91.5 Å². The van der Waals surface area contributed by atoms with E-state index in [0.29, 0.717) is 35.8 Å². The summed E-state index contributed by atoms with van der Waals surface area (Å²) < 4.78 is 21.3. The van der Waals surface area contributed by atoms with Gasteiger partial charge in [0.2, 0.25) is 0 Å². The van der Waals surface area contributed by atoms with Gasteiger partial charge in [-0.25, -0.2) is 14.2 Å². The minimum absolute atomic E-state index is 0.0708. The first-order valence-electron chi connectivity index (χ1n) is 13.7. The summed E-state index contributed by atoms with van der Waals surface area (Å²) >= 11 is 0. The monoisotopic (exact) mass is 562 g/mol. The number of aromatic nitrogens is 2. The molecule has 9 nitrogen and oxygen atoms in total. The minimum Gasteiger partial charge on any atom is -0.496 e. The normalized spacial score (nSPS) is 16.0. The summed E-state index contributed by atoms with van der Waals surface area (Å²) in [5.41, 5.74) is 3.49. The molecule has 1 aliphatic rings. The number of carbonyl (C=O) groups excluding carboxylic acids is 2. The van der Waals surface area contributed by atoms with Crippen molar-refractivity contribution in [3.8, 4) is 11.1 Å². The Kier molecular flexibility index (Phi) is 9.12. The number of ether oxygens (including phenoxy) is 1. The van der Waals surface area contributed by atoms with Gasteiger partial charge in [-0.05, 0) is 70.1 Å². The molecule has 0 spiro atoms. The Bertz CT molecular complexity index is 1510. The van der Waals surface area contributed by atoms with Crippen LogP contribution in [0.4, 0.5) is 14.9 Å². The molecule has 2 N–H and O–H groups in total. The number of halogens is 1. The average Bonchev–Trinajstić information content (AvgIpc) is 3.58. The maximum absolute atomic E-state index is 15.8. The highest BCUT2D eigenvalue weighted by atomic mass is 19.1. The van der Waals surface area contributed by atoms with E-state index >= 15 is 4.39 Å². The van der Waals surface area contributed by atoms with E-state index in [1.165, 1.54) is 11.0 Å². The minimum atomic E-state index is -0.691. The first kappa shape index (κ1) is 29.8. The summed E-state index contributed by atoms with van der Waals surface area (Å²) in [6.45, 7) is 5.87. The molecular weight excluding hydrogens is 523 g/mol. The number of likely N-dealkylation sites (tertiary alicyclic amines) is 1. The number of hydrogen-bond acceptors (Lipinski definition) is 5. The van der Waals surface area contributed by atoms with Crippen LogP contribution in [0.15, 0.2) is 48.5 Å². The van der Waals surface area contributed by atoms with Crippen molar-refractivity contribution >= 4 is 34.2 Å². The Morgan fingerprint density at radius 3 is 2.54 bits per heavy atom. The molecule has 1 fully saturated rings. The van der Waals surface area contributed by atoms with E-state index in [4.69, 9.17) is 4.74 Å². The first-order valence-corrected chi connectivity index (χ1v) is 13.7. The van der Waals surface area contributed by atoms with Crippen LogP contribution < -0.4 is 5.32 Å². The second-order valence-electron chi connectivity index (χ2n) is 10.8. The molecule has 0 unspecified atom stereocenters. The fourth-order valence-corrected chi connectivity index (χ4v) is 5.38. The number of anilines is 1. The highest BCUT2D eigenvalue weighted by molar-refractivity contribution is 6.05. The van der Waals surface area contributed by atoms with Gasteiger partial charge in [-0.3, -0.25) is 4.79 Å². The maximum atomic E-state index is 15.8. The Balaban J connectivity index is 1.72. The zero-order valence-corrected chi connectivity index (χ0v) is 24.8. The summed E-state index contributed by atoms with van der Waals surface area (Å²) in [5.74, 6) is -0.0418. The Hall–Kier alpha value is -4.18. The predicted molar refractivity (Wildman–Crippen MR) is 161 cm³/mol. The molecule has 0 saturated carbocycles. The molecule has 1 saturated heterocycles. The number of allylic oxidation sites excluding steroid dienone is 3. The van der Waals surface area contributed by atoms with Crippen molar-refractivity contribution in [2.45, 2.75) is 20.3 Å². The molecular formula is C31H39FN6O3. The number of fused-ring (bicyclic) bond motifs is 1. The van der Waals surface area contributed by atoms with E-state index in [0.717, 1.165) is 35.2 Å². The fraction of sp³-hybridized carbons (Fsp3) is 0.387. The summed E-state index contributed by atoms with van der Waals surface area (Å²) in [4.78, 5) is 39.2. The van der Waals surface area contributed by atoms with Crippen molar-refractivity contribution in [2.75, 3.05) is 60.3 Å². The zero-order valence-electron chi connectivity index (χ0n) is 24.8. The molecule has 4 rings (SSSR count). The molecule has 10 heteroatoms. The van der Waals surface area contributed by atoms with Gasteiger partial charge >= 0.3 is 6.03 Å². The Morgan fingerprint density at radius 1 is 1.15 bits per heavy atom. The van der Waals surface area contributed by atoms with Gasteiger partial charge in [-0.1, -0.05) is 6.08 Å². The summed E-state index contributed by atoms with van der Waals surface area (Å²) in [6, 6.07) is 4.44. The van der Waals surface area contributed by atoms with Crippen molar-refractivity contribution < 1.29 is 18.7 Å². The quantitative estimate of drug-likeness (QED) is 0.282. The largest absolute Gasteiger partial charge is 0.496 e. The molecule has 0 radical (unpaired) electrons. The van der Waals surface area contributed by atoms with Crippen LogP contribution in [0.25, 0.3) is 27.7 Å². The van der Waals surface area contributed by atoms with E-state index < -0.39 is 17.8 Å². The van der Waals surface area contributed by atoms with Crippen molar-refractivity contribution in [1.82, 2.24) is 24.7 Å². The third-order valence-corrected chi connectivity index (χ3v) is 7.35. The molecule has 3 heterocycles. The van der Waals surface area contributed by atoms with Crippen LogP contribution in [0.2, 0.25) is 0 Å². The Labute approximate surface area is 240 Å². The molecule has 218 valence electrons. The maximum Gasteiger partial charge on any atom is 0.321 e. The van der Waals surface area contributed by atoms with Gasteiger partial charge in [-0.15, -0.1) is 0 Å². The first-order chi connectivity index (χ1) is 19.6. The van der Waals surface area contributed by atoms with E-state index in [1.807, 2.05) is 52.4 Å².